The summed E-state index contributed by atoms with van der Waals surface area (Å²) in [6.45, 7) is 6.91. The highest BCUT2D eigenvalue weighted by Gasteiger charge is 2.65. The number of unbranched alkanes of at least 4 members (excludes halogenated alkanes) is 2. The highest BCUT2D eigenvalue weighted by Crippen LogP contribution is 2.62. The van der Waals surface area contributed by atoms with E-state index in [9.17, 15) is 29.5 Å². The Balaban J connectivity index is 1.40. The lowest BCUT2D eigenvalue weighted by Crippen LogP contribution is -2.70. The van der Waals surface area contributed by atoms with Gasteiger partial charge in [0, 0.05) is 61.8 Å². The van der Waals surface area contributed by atoms with Gasteiger partial charge in [0.05, 0.1) is 29.8 Å². The zero-order chi connectivity index (χ0) is 45.1. The number of amides is 1. The summed E-state index contributed by atoms with van der Waals surface area (Å²) in [6, 6.07) is 16.6. The van der Waals surface area contributed by atoms with Crippen LogP contribution in [0.2, 0.25) is 0 Å². The van der Waals surface area contributed by atoms with Gasteiger partial charge in [0.1, 0.15) is 35.7 Å². The van der Waals surface area contributed by atoms with Gasteiger partial charge in [-0.25, -0.2) is 9.18 Å². The molecule has 2 fully saturated rings. The molecule has 7 rings (SSSR count). The number of hydrogen-bond acceptors (Lipinski definition) is 12. The van der Waals surface area contributed by atoms with Gasteiger partial charge in [0.2, 0.25) is 12.1 Å². The second kappa shape index (κ2) is 22.0. The molecular formula is C49H60FN3O11. The molecule has 4 aliphatic rings. The molecule has 0 spiro atoms. The molecule has 1 amide bonds. The number of rotatable bonds is 21. The lowest BCUT2D eigenvalue weighted by Gasteiger charge is -2.59. The van der Waals surface area contributed by atoms with Gasteiger partial charge in [0.25, 0.3) is 5.69 Å². The fourth-order valence-corrected chi connectivity index (χ4v) is 9.84. The minimum atomic E-state index is -1.54. The molecular weight excluding hydrogens is 826 g/mol. The molecule has 1 saturated heterocycles. The lowest BCUT2D eigenvalue weighted by atomic mass is 9.55. The number of carbonyl (C=O) groups is 1. The topological polar surface area (TPSA) is 172 Å². The standard InChI is InChI=1S/C49H60FN3O11/c1-3-24-52(48(56)62-36-20-18-35(19-21-36)53(57)58)44-31-42(51-64-45-17-9-12-28-59-45)39-29-33(13-7-10-25-54)38(15-8-11-26-55)46-40-30-37(60-32-34-14-5-6-16-41(34)50)22-23-43(40)63-49(44,47(39)46)61-27-4-2/h4-6,14,16,18-23,29-30,33,38,44-47,54-55H,2-3,7-13,15,17,24-28,31-32H2,1H3. The van der Waals surface area contributed by atoms with Crippen LogP contribution in [0.3, 0.4) is 0 Å². The molecule has 15 heteroatoms. The fourth-order valence-electron chi connectivity index (χ4n) is 9.84. The number of benzene rings is 3. The Kier molecular flexibility index (Phi) is 16.1. The van der Waals surface area contributed by atoms with Crippen molar-refractivity contribution in [2.24, 2.45) is 22.9 Å². The van der Waals surface area contributed by atoms with Crippen molar-refractivity contribution in [3.05, 3.63) is 118 Å². The third kappa shape index (κ3) is 10.4. The second-order valence-corrected chi connectivity index (χ2v) is 16.9. The van der Waals surface area contributed by atoms with Crippen molar-refractivity contribution >= 4 is 17.5 Å². The van der Waals surface area contributed by atoms with Crippen molar-refractivity contribution in [3.8, 4) is 17.2 Å². The number of aliphatic hydroxyl groups is 2. The van der Waals surface area contributed by atoms with E-state index in [0.29, 0.717) is 55.1 Å². The average Bonchev–Trinajstić information content (AvgIpc) is 3.31. The minimum absolute atomic E-state index is 0.000866. The van der Waals surface area contributed by atoms with E-state index in [0.717, 1.165) is 49.7 Å². The third-order valence-electron chi connectivity index (χ3n) is 12.7. The molecule has 3 aromatic carbocycles. The molecule has 0 radical (unpaired) electrons. The summed E-state index contributed by atoms with van der Waals surface area (Å²) in [6.07, 6.45) is 10.1. The maximum atomic E-state index is 14.8. The van der Waals surface area contributed by atoms with Crippen LogP contribution in [0.25, 0.3) is 0 Å². The van der Waals surface area contributed by atoms with Crippen LogP contribution < -0.4 is 14.2 Å². The van der Waals surface area contributed by atoms with E-state index >= 15 is 0 Å². The summed E-state index contributed by atoms with van der Waals surface area (Å²) in [5, 5.41) is 36.2. The smallest absolute Gasteiger partial charge is 0.415 e. The Morgan fingerprint density at radius 3 is 2.52 bits per heavy atom. The molecule has 0 aromatic heterocycles. The van der Waals surface area contributed by atoms with Gasteiger partial charge in [-0.1, -0.05) is 55.3 Å². The molecule has 1 saturated carbocycles. The van der Waals surface area contributed by atoms with Crippen molar-refractivity contribution in [1.82, 2.24) is 4.90 Å². The van der Waals surface area contributed by atoms with Crippen LogP contribution in [0.4, 0.5) is 14.9 Å². The number of halogens is 1. The number of nitrogens with zero attached hydrogens (tertiary/aromatic N) is 3. The summed E-state index contributed by atoms with van der Waals surface area (Å²) in [7, 11) is 0. The van der Waals surface area contributed by atoms with Gasteiger partial charge in [0.15, 0.2) is 0 Å². The summed E-state index contributed by atoms with van der Waals surface area (Å²) in [5.41, 5.74) is 2.59. The van der Waals surface area contributed by atoms with Gasteiger partial charge in [-0.15, -0.1) is 6.58 Å². The van der Waals surface area contributed by atoms with Crippen LogP contribution in [0.1, 0.15) is 94.6 Å². The Bertz CT molecular complexity index is 2130. The summed E-state index contributed by atoms with van der Waals surface area (Å²) in [4.78, 5) is 33.4. The van der Waals surface area contributed by atoms with Gasteiger partial charge in [-0.2, -0.15) is 0 Å². The first-order valence-electron chi connectivity index (χ1n) is 22.7. The molecule has 2 heterocycles. The number of ether oxygens (including phenoxy) is 5. The van der Waals surface area contributed by atoms with Gasteiger partial charge >= 0.3 is 6.09 Å². The molecule has 344 valence electrons. The molecule has 3 aromatic rings. The Morgan fingerprint density at radius 2 is 1.81 bits per heavy atom. The highest BCUT2D eigenvalue weighted by atomic mass is 19.1. The number of nitro groups is 1. The first-order valence-corrected chi connectivity index (χ1v) is 22.7. The van der Waals surface area contributed by atoms with E-state index in [-0.39, 0.29) is 74.4 Å². The third-order valence-corrected chi connectivity index (χ3v) is 12.7. The number of non-ortho nitro benzene ring substituents is 1. The zero-order valence-electron chi connectivity index (χ0n) is 36.5. The monoisotopic (exact) mass is 885 g/mol. The normalized spacial score (nSPS) is 25.2. The number of hydrogen-bond donors (Lipinski definition) is 2. The fraction of sp³-hybridized carbons (Fsp3) is 0.510. The van der Waals surface area contributed by atoms with Crippen LogP contribution in [0.5, 0.6) is 17.2 Å². The quantitative estimate of drug-likeness (QED) is 0.0452. The van der Waals surface area contributed by atoms with Crippen LogP contribution in [0, 0.1) is 33.7 Å². The molecule has 0 bridgehead atoms. The van der Waals surface area contributed by atoms with Crippen molar-refractivity contribution in [3.63, 3.8) is 0 Å². The van der Waals surface area contributed by atoms with Crippen molar-refractivity contribution in [2.75, 3.05) is 33.0 Å². The first-order chi connectivity index (χ1) is 31.2. The average molecular weight is 886 g/mol. The molecule has 2 aliphatic carbocycles. The molecule has 64 heavy (non-hydrogen) atoms. The van der Waals surface area contributed by atoms with Crippen LogP contribution in [0.15, 0.2) is 96.2 Å². The van der Waals surface area contributed by atoms with Gasteiger partial charge < -0.3 is 38.7 Å². The maximum absolute atomic E-state index is 14.8. The molecule has 7 unspecified atom stereocenters. The zero-order valence-corrected chi connectivity index (χ0v) is 36.5. The number of nitro benzene ring substituents is 1. The summed E-state index contributed by atoms with van der Waals surface area (Å²) >= 11 is 0. The van der Waals surface area contributed by atoms with Crippen LogP contribution in [-0.2, 0) is 20.9 Å². The second-order valence-electron chi connectivity index (χ2n) is 16.9. The highest BCUT2D eigenvalue weighted by molar-refractivity contribution is 6.03. The van der Waals surface area contributed by atoms with E-state index < -0.39 is 35.1 Å². The van der Waals surface area contributed by atoms with E-state index in [1.165, 1.54) is 30.3 Å². The van der Waals surface area contributed by atoms with E-state index in [4.69, 9.17) is 33.7 Å². The number of aliphatic hydroxyl groups excluding tert-OH is 2. The van der Waals surface area contributed by atoms with Crippen molar-refractivity contribution in [2.45, 2.75) is 108 Å². The van der Waals surface area contributed by atoms with Crippen molar-refractivity contribution < 1.29 is 52.8 Å². The first kappa shape index (κ1) is 46.6. The molecule has 2 N–H and O–H groups in total. The number of oxime groups is 1. The molecule has 2 aliphatic heterocycles. The maximum Gasteiger partial charge on any atom is 0.415 e. The van der Waals surface area contributed by atoms with Crippen molar-refractivity contribution in [1.29, 1.82) is 0 Å². The summed E-state index contributed by atoms with van der Waals surface area (Å²) in [5.74, 6) is -1.68. The van der Waals surface area contributed by atoms with Crippen LogP contribution >= 0.6 is 0 Å². The minimum Gasteiger partial charge on any atom is -0.489 e. The predicted molar refractivity (Wildman–Crippen MR) is 236 cm³/mol. The number of allylic oxidation sites excluding steroid dienone is 1. The van der Waals surface area contributed by atoms with Crippen LogP contribution in [-0.4, -0.2) is 82.9 Å². The lowest BCUT2D eigenvalue weighted by molar-refractivity contribution is -0.384. The Morgan fingerprint density at radius 1 is 1.05 bits per heavy atom. The van der Waals surface area contributed by atoms with E-state index in [1.54, 1.807) is 35.2 Å². The predicted octanol–water partition coefficient (Wildman–Crippen LogP) is 9.38. The van der Waals surface area contributed by atoms with E-state index in [2.05, 4.69) is 12.7 Å². The number of fused-ring (bicyclic) bond motifs is 2. The van der Waals surface area contributed by atoms with Gasteiger partial charge in [-0.3, -0.25) is 15.0 Å². The van der Waals surface area contributed by atoms with Gasteiger partial charge in [-0.05, 0) is 98.8 Å². The summed E-state index contributed by atoms with van der Waals surface area (Å²) < 4.78 is 47.3. The molecule has 7 atom stereocenters. The molecule has 14 nitrogen and oxygen atoms in total. The Labute approximate surface area is 373 Å². The van der Waals surface area contributed by atoms with E-state index in [1.807, 2.05) is 19.1 Å². The SMILES string of the molecule is C=CCOC12Oc3ccc(OCc4ccccc4F)cc3C3C(CCCCO)C(CCCCO)C=C(C(=NOC4CCCCO4)CC1N(CCC)C(=O)Oc1ccc([N+](=O)[O-])cc1)C32. The largest absolute Gasteiger partial charge is 0.489 e. The Hall–Kier alpha value is -5.35. The number of carbonyl (C=O) groups excluding carboxylic acids is 1.